The van der Waals surface area contributed by atoms with Crippen molar-refractivity contribution in [1.82, 2.24) is 19.8 Å². The normalized spacial score (nSPS) is 19.4. The molecule has 0 bridgehead atoms. The van der Waals surface area contributed by atoms with Gasteiger partial charge in [0.05, 0.1) is 4.92 Å². The number of anilines is 2. The van der Waals surface area contributed by atoms with E-state index in [2.05, 4.69) is 32.9 Å². The molecule has 11 heteroatoms. The molecule has 0 N–H and O–H groups in total. The van der Waals surface area contributed by atoms with E-state index in [0.29, 0.717) is 24.7 Å². The van der Waals surface area contributed by atoms with Crippen LogP contribution in [-0.2, 0) is 6.54 Å². The molecule has 0 amide bonds. The molecule has 1 aromatic heterocycles. The molecule has 1 aromatic carbocycles. The van der Waals surface area contributed by atoms with E-state index in [0.717, 1.165) is 62.6 Å². The van der Waals surface area contributed by atoms with Gasteiger partial charge in [-0.25, -0.2) is 9.97 Å². The Hall–Kier alpha value is -3.18. The first-order valence-corrected chi connectivity index (χ1v) is 11.8. The van der Waals surface area contributed by atoms with Crippen LogP contribution in [0.1, 0.15) is 18.4 Å². The Labute approximate surface area is 199 Å². The van der Waals surface area contributed by atoms with Crippen molar-refractivity contribution in [3.8, 4) is 11.5 Å². The average Bonchev–Trinajstić information content (AvgIpc) is 3.32. The SMILES string of the molecule is CN1CCC(N(C)c2ncnc(N3CCN(Cc4ccc5c(c4)OCO5)CC3)c2[N+](=O)[O-])CC1. The van der Waals surface area contributed by atoms with Gasteiger partial charge in [0, 0.05) is 45.8 Å². The summed E-state index contributed by atoms with van der Waals surface area (Å²) in [6.07, 6.45) is 3.38. The number of piperidine rings is 1. The fourth-order valence-electron chi connectivity index (χ4n) is 4.98. The Kier molecular flexibility index (Phi) is 6.38. The first kappa shape index (κ1) is 22.6. The van der Waals surface area contributed by atoms with Crippen molar-refractivity contribution in [2.24, 2.45) is 0 Å². The molecule has 0 aliphatic carbocycles. The number of rotatable bonds is 6. The molecule has 4 heterocycles. The van der Waals surface area contributed by atoms with Crippen LogP contribution < -0.4 is 19.3 Å². The summed E-state index contributed by atoms with van der Waals surface area (Å²) in [7, 11) is 4.02. The lowest BCUT2D eigenvalue weighted by Gasteiger charge is -2.37. The molecule has 2 saturated heterocycles. The van der Waals surface area contributed by atoms with Gasteiger partial charge < -0.3 is 24.2 Å². The molecule has 3 aliphatic heterocycles. The van der Waals surface area contributed by atoms with E-state index >= 15 is 0 Å². The second-order valence-electron chi connectivity index (χ2n) is 9.22. The highest BCUT2D eigenvalue weighted by atomic mass is 16.7. The van der Waals surface area contributed by atoms with Gasteiger partial charge in [-0.1, -0.05) is 6.07 Å². The van der Waals surface area contributed by atoms with Crippen LogP contribution >= 0.6 is 0 Å². The van der Waals surface area contributed by atoms with Crippen molar-refractivity contribution in [1.29, 1.82) is 0 Å². The van der Waals surface area contributed by atoms with E-state index in [-0.39, 0.29) is 23.4 Å². The van der Waals surface area contributed by atoms with Crippen molar-refractivity contribution in [2.75, 3.05) is 70.0 Å². The zero-order chi connectivity index (χ0) is 23.7. The van der Waals surface area contributed by atoms with Crippen LogP contribution in [-0.4, -0.2) is 90.9 Å². The van der Waals surface area contributed by atoms with E-state index < -0.39 is 0 Å². The van der Waals surface area contributed by atoms with Crippen LogP contribution in [0.25, 0.3) is 0 Å². The molecule has 11 nitrogen and oxygen atoms in total. The third kappa shape index (κ3) is 4.58. The molecule has 34 heavy (non-hydrogen) atoms. The number of piperazine rings is 1. The van der Waals surface area contributed by atoms with Gasteiger partial charge in [-0.3, -0.25) is 15.0 Å². The lowest BCUT2D eigenvalue weighted by Crippen LogP contribution is -2.46. The summed E-state index contributed by atoms with van der Waals surface area (Å²) in [4.78, 5) is 29.2. The van der Waals surface area contributed by atoms with Gasteiger partial charge in [0.15, 0.2) is 11.5 Å². The second kappa shape index (κ2) is 9.59. The summed E-state index contributed by atoms with van der Waals surface area (Å²) in [6, 6.07) is 6.26. The van der Waals surface area contributed by atoms with E-state index in [1.54, 1.807) is 0 Å². The van der Waals surface area contributed by atoms with Crippen molar-refractivity contribution >= 4 is 17.3 Å². The molecule has 2 aromatic rings. The summed E-state index contributed by atoms with van der Waals surface area (Å²) in [5.41, 5.74) is 1.17. The summed E-state index contributed by atoms with van der Waals surface area (Å²) >= 11 is 0. The lowest BCUT2D eigenvalue weighted by atomic mass is 10.0. The van der Waals surface area contributed by atoms with E-state index in [1.807, 2.05) is 29.0 Å². The van der Waals surface area contributed by atoms with Gasteiger partial charge >= 0.3 is 5.69 Å². The Balaban J connectivity index is 1.28. The standard InChI is InChI=1S/C23H31N7O4/c1-26-7-5-18(6-8-26)27(2)22-21(30(31)32)23(25-15-24-22)29-11-9-28(10-12-29)14-17-3-4-19-20(13-17)34-16-33-19/h3-4,13,15,18H,5-12,14,16H2,1-2H3. The molecule has 0 spiro atoms. The maximum atomic E-state index is 12.2. The molecular weight excluding hydrogens is 438 g/mol. The molecule has 0 saturated carbocycles. The molecule has 5 rings (SSSR count). The Morgan fingerprint density at radius 3 is 2.56 bits per heavy atom. The molecule has 182 valence electrons. The summed E-state index contributed by atoms with van der Waals surface area (Å²) in [6.45, 7) is 5.92. The quantitative estimate of drug-likeness (QED) is 0.461. The number of nitrogens with zero attached hydrogens (tertiary/aromatic N) is 7. The highest BCUT2D eigenvalue weighted by Crippen LogP contribution is 2.36. The van der Waals surface area contributed by atoms with Crippen LogP contribution in [0.2, 0.25) is 0 Å². The van der Waals surface area contributed by atoms with E-state index in [1.165, 1.54) is 6.33 Å². The number of aromatic nitrogens is 2. The van der Waals surface area contributed by atoms with Crippen LogP contribution in [0.3, 0.4) is 0 Å². The van der Waals surface area contributed by atoms with Crippen LogP contribution in [0.5, 0.6) is 11.5 Å². The minimum absolute atomic E-state index is 0.00755. The highest BCUT2D eigenvalue weighted by molar-refractivity contribution is 5.71. The zero-order valence-corrected chi connectivity index (χ0v) is 19.7. The van der Waals surface area contributed by atoms with Gasteiger partial charge in [-0.05, 0) is 50.7 Å². The van der Waals surface area contributed by atoms with Crippen molar-refractivity contribution < 1.29 is 14.4 Å². The fraction of sp³-hybridized carbons (Fsp3) is 0.565. The van der Waals surface area contributed by atoms with Gasteiger partial charge in [0.2, 0.25) is 18.4 Å². The summed E-state index contributed by atoms with van der Waals surface area (Å²) in [5.74, 6) is 2.39. The predicted octanol–water partition coefficient (Wildman–Crippen LogP) is 1.97. The number of benzene rings is 1. The fourth-order valence-corrected chi connectivity index (χ4v) is 4.98. The number of hydrogen-bond acceptors (Lipinski definition) is 10. The predicted molar refractivity (Wildman–Crippen MR) is 128 cm³/mol. The smallest absolute Gasteiger partial charge is 0.353 e. The van der Waals surface area contributed by atoms with Gasteiger partial charge in [0.1, 0.15) is 6.33 Å². The van der Waals surface area contributed by atoms with Crippen LogP contribution in [0.4, 0.5) is 17.3 Å². The minimum atomic E-state index is -0.324. The first-order chi connectivity index (χ1) is 16.5. The van der Waals surface area contributed by atoms with Crippen LogP contribution in [0, 0.1) is 10.1 Å². The van der Waals surface area contributed by atoms with Crippen LogP contribution in [0.15, 0.2) is 24.5 Å². The maximum absolute atomic E-state index is 12.2. The van der Waals surface area contributed by atoms with Crippen molar-refractivity contribution in [2.45, 2.75) is 25.4 Å². The third-order valence-electron chi connectivity index (χ3n) is 7.05. The number of nitro groups is 1. The average molecular weight is 470 g/mol. The lowest BCUT2D eigenvalue weighted by molar-refractivity contribution is -0.383. The first-order valence-electron chi connectivity index (χ1n) is 11.8. The van der Waals surface area contributed by atoms with Gasteiger partial charge in [-0.2, -0.15) is 0 Å². The zero-order valence-electron chi connectivity index (χ0n) is 19.7. The van der Waals surface area contributed by atoms with E-state index in [4.69, 9.17) is 9.47 Å². The number of hydrogen-bond donors (Lipinski definition) is 0. The largest absolute Gasteiger partial charge is 0.454 e. The Morgan fingerprint density at radius 1 is 1.09 bits per heavy atom. The van der Waals surface area contributed by atoms with E-state index in [9.17, 15) is 10.1 Å². The van der Waals surface area contributed by atoms with Crippen molar-refractivity contribution in [3.63, 3.8) is 0 Å². The van der Waals surface area contributed by atoms with Gasteiger partial charge in [0.25, 0.3) is 0 Å². The number of fused-ring (bicyclic) bond motifs is 1. The molecule has 2 fully saturated rings. The Bertz CT molecular complexity index is 1040. The highest BCUT2D eigenvalue weighted by Gasteiger charge is 2.33. The monoisotopic (exact) mass is 469 g/mol. The number of ether oxygens (including phenoxy) is 2. The third-order valence-corrected chi connectivity index (χ3v) is 7.05. The molecule has 0 radical (unpaired) electrons. The molecular formula is C23H31N7O4. The molecule has 0 atom stereocenters. The topological polar surface area (TPSA) is 100 Å². The van der Waals surface area contributed by atoms with Crippen molar-refractivity contribution in [3.05, 3.63) is 40.2 Å². The van der Waals surface area contributed by atoms with Gasteiger partial charge in [-0.15, -0.1) is 0 Å². The number of likely N-dealkylation sites (tertiary alicyclic amines) is 1. The second-order valence-corrected chi connectivity index (χ2v) is 9.22. The summed E-state index contributed by atoms with van der Waals surface area (Å²) < 4.78 is 10.9. The molecule has 0 unspecified atom stereocenters. The minimum Gasteiger partial charge on any atom is -0.454 e. The molecule has 3 aliphatic rings. The summed E-state index contributed by atoms with van der Waals surface area (Å²) in [5, 5.41) is 12.2. The Morgan fingerprint density at radius 2 is 1.82 bits per heavy atom. The maximum Gasteiger partial charge on any atom is 0.353 e.